The molecule has 0 spiro atoms. The summed E-state index contributed by atoms with van der Waals surface area (Å²) < 4.78 is 6.75. The Morgan fingerprint density at radius 1 is 0.622 bits per heavy atom. The molecule has 0 aromatic heterocycles. The summed E-state index contributed by atoms with van der Waals surface area (Å²) in [5.41, 5.74) is 12.8. The van der Waals surface area contributed by atoms with Crippen molar-refractivity contribution in [3.63, 3.8) is 0 Å². The van der Waals surface area contributed by atoms with Crippen LogP contribution in [0.2, 0.25) is 0 Å². The summed E-state index contributed by atoms with van der Waals surface area (Å²) in [4.78, 5) is 5.20. The Kier molecular flexibility index (Phi) is 6.09. The SMILES string of the molecule is CCC1=Nc2cccc3c2CC1c1c(cccc1-c1c2ccccc2c(C2=CC=C(c4ccccc4)CC2)c2ccccc12)O3. The van der Waals surface area contributed by atoms with Crippen molar-refractivity contribution in [3.8, 4) is 22.6 Å². The molecular formula is C43H33NO. The lowest BCUT2D eigenvalue weighted by Gasteiger charge is -2.27. The first-order valence-electron chi connectivity index (χ1n) is 16.2. The molecule has 9 rings (SSSR count). The Balaban J connectivity index is 1.30. The molecule has 0 amide bonds. The van der Waals surface area contributed by atoms with E-state index in [0.29, 0.717) is 0 Å². The molecule has 45 heavy (non-hydrogen) atoms. The fourth-order valence-electron chi connectivity index (χ4n) is 7.94. The number of rotatable bonds is 4. The van der Waals surface area contributed by atoms with Gasteiger partial charge in [-0.15, -0.1) is 0 Å². The highest BCUT2D eigenvalue weighted by molar-refractivity contribution is 6.19. The first-order valence-corrected chi connectivity index (χ1v) is 16.2. The minimum atomic E-state index is 0.178. The van der Waals surface area contributed by atoms with Crippen LogP contribution in [-0.4, -0.2) is 5.71 Å². The van der Waals surface area contributed by atoms with E-state index < -0.39 is 0 Å². The molecule has 1 atom stereocenters. The van der Waals surface area contributed by atoms with E-state index >= 15 is 0 Å². The van der Waals surface area contributed by atoms with Crippen molar-refractivity contribution in [2.75, 3.05) is 0 Å². The van der Waals surface area contributed by atoms with Crippen LogP contribution in [-0.2, 0) is 6.42 Å². The van der Waals surface area contributed by atoms with Crippen LogP contribution in [0, 0.1) is 0 Å². The minimum Gasteiger partial charge on any atom is -0.457 e. The second-order valence-electron chi connectivity index (χ2n) is 12.4. The van der Waals surface area contributed by atoms with E-state index in [0.717, 1.165) is 42.9 Å². The fraction of sp³-hybridized carbons (Fsp3) is 0.140. The standard InChI is InChI=1S/C43H33NO/c1-2-37-36-26-35-38(44-37)19-11-20-39(35)45-40-21-10-18-34(43(36)40)42-32-16-8-6-14-30(32)41(31-15-7-9-17-33(31)42)29-24-22-28(23-25-29)27-12-4-3-5-13-27/h3-22,24,36H,2,23,25-26H2,1H3. The monoisotopic (exact) mass is 579 g/mol. The summed E-state index contributed by atoms with van der Waals surface area (Å²) in [6.45, 7) is 2.23. The molecule has 0 saturated carbocycles. The number of fused-ring (bicyclic) bond motifs is 5. The maximum atomic E-state index is 6.75. The number of allylic oxidation sites excluding steroid dienone is 4. The van der Waals surface area contributed by atoms with Crippen molar-refractivity contribution in [2.45, 2.75) is 38.5 Å². The first kappa shape index (κ1) is 26.2. The number of nitrogens with zero attached hydrogens (tertiary/aromatic N) is 1. The van der Waals surface area contributed by atoms with Crippen molar-refractivity contribution in [1.82, 2.24) is 0 Å². The summed E-state index contributed by atoms with van der Waals surface area (Å²) >= 11 is 0. The van der Waals surface area contributed by atoms with E-state index in [4.69, 9.17) is 9.73 Å². The van der Waals surface area contributed by atoms with Crippen LogP contribution in [0.5, 0.6) is 11.5 Å². The van der Waals surface area contributed by atoms with Gasteiger partial charge in [-0.25, -0.2) is 0 Å². The number of benzene rings is 6. The second-order valence-corrected chi connectivity index (χ2v) is 12.4. The van der Waals surface area contributed by atoms with Crippen molar-refractivity contribution < 1.29 is 4.74 Å². The van der Waals surface area contributed by atoms with Crippen molar-refractivity contribution in [3.05, 3.63) is 150 Å². The van der Waals surface area contributed by atoms with Gasteiger partial charge in [0.05, 0.1) is 5.69 Å². The number of hydrogen-bond acceptors (Lipinski definition) is 2. The van der Waals surface area contributed by atoms with Gasteiger partial charge in [-0.3, -0.25) is 4.99 Å². The molecule has 2 heterocycles. The highest BCUT2D eigenvalue weighted by Crippen LogP contribution is 2.52. The number of aliphatic imine (C=N–C) groups is 1. The van der Waals surface area contributed by atoms with Crippen LogP contribution >= 0.6 is 0 Å². The molecule has 3 aliphatic rings. The van der Waals surface area contributed by atoms with E-state index in [1.165, 1.54) is 71.8 Å². The van der Waals surface area contributed by atoms with E-state index in [1.54, 1.807) is 0 Å². The van der Waals surface area contributed by atoms with Crippen LogP contribution in [0.4, 0.5) is 5.69 Å². The van der Waals surface area contributed by atoms with E-state index in [2.05, 4.69) is 134 Å². The van der Waals surface area contributed by atoms with E-state index in [9.17, 15) is 0 Å². The smallest absolute Gasteiger partial charge is 0.132 e. The zero-order chi connectivity index (χ0) is 29.9. The molecule has 1 unspecified atom stereocenters. The summed E-state index contributed by atoms with van der Waals surface area (Å²) in [7, 11) is 0. The van der Waals surface area contributed by atoms with Crippen molar-refractivity contribution in [2.24, 2.45) is 4.99 Å². The topological polar surface area (TPSA) is 21.6 Å². The third kappa shape index (κ3) is 4.13. The molecule has 0 fully saturated rings. The van der Waals surface area contributed by atoms with Crippen LogP contribution in [0.25, 0.3) is 43.8 Å². The molecule has 0 radical (unpaired) electrons. The molecule has 2 heteroatoms. The van der Waals surface area contributed by atoms with Gasteiger partial charge in [0.2, 0.25) is 0 Å². The predicted molar refractivity (Wildman–Crippen MR) is 189 cm³/mol. The summed E-state index contributed by atoms with van der Waals surface area (Å²) in [6, 6.07) is 41.7. The van der Waals surface area contributed by atoms with Crippen LogP contribution in [0.15, 0.2) is 132 Å². The van der Waals surface area contributed by atoms with Gasteiger partial charge in [-0.2, -0.15) is 0 Å². The molecule has 2 nitrogen and oxygen atoms in total. The van der Waals surface area contributed by atoms with Gasteiger partial charge in [-0.05, 0) is 98.8 Å². The Labute approximate surface area is 264 Å². The number of hydrogen-bond donors (Lipinski definition) is 0. The fourth-order valence-corrected chi connectivity index (χ4v) is 7.94. The molecule has 6 aromatic carbocycles. The highest BCUT2D eigenvalue weighted by atomic mass is 16.5. The quantitative estimate of drug-likeness (QED) is 0.190. The van der Waals surface area contributed by atoms with Crippen molar-refractivity contribution in [1.29, 1.82) is 0 Å². The van der Waals surface area contributed by atoms with Crippen LogP contribution in [0.3, 0.4) is 0 Å². The zero-order valence-electron chi connectivity index (χ0n) is 25.4. The maximum Gasteiger partial charge on any atom is 0.132 e. The maximum absolute atomic E-state index is 6.75. The van der Waals surface area contributed by atoms with E-state index in [-0.39, 0.29) is 5.92 Å². The predicted octanol–water partition coefficient (Wildman–Crippen LogP) is 11.8. The molecule has 0 N–H and O–H groups in total. The largest absolute Gasteiger partial charge is 0.457 e. The minimum absolute atomic E-state index is 0.178. The Hall–Kier alpha value is -5.21. The Morgan fingerprint density at radius 3 is 1.93 bits per heavy atom. The zero-order valence-corrected chi connectivity index (χ0v) is 25.4. The van der Waals surface area contributed by atoms with Gasteiger partial charge in [0, 0.05) is 22.8 Å². The van der Waals surface area contributed by atoms with Gasteiger partial charge in [-0.1, -0.05) is 116 Å². The molecule has 6 aromatic rings. The molecule has 216 valence electrons. The average molecular weight is 580 g/mol. The lowest BCUT2D eigenvalue weighted by Crippen LogP contribution is -2.18. The van der Waals surface area contributed by atoms with Crippen LogP contribution in [0.1, 0.15) is 54.4 Å². The third-order valence-electron chi connectivity index (χ3n) is 10.00. The molecule has 2 aliphatic heterocycles. The summed E-state index contributed by atoms with van der Waals surface area (Å²) in [5.74, 6) is 2.06. The number of ether oxygens (including phenoxy) is 1. The molecule has 0 saturated heterocycles. The van der Waals surface area contributed by atoms with Gasteiger partial charge in [0.1, 0.15) is 11.5 Å². The Morgan fingerprint density at radius 2 is 1.24 bits per heavy atom. The molecule has 2 bridgehead atoms. The van der Waals surface area contributed by atoms with Gasteiger partial charge in [0.15, 0.2) is 0 Å². The third-order valence-corrected chi connectivity index (χ3v) is 10.00. The highest BCUT2D eigenvalue weighted by Gasteiger charge is 2.34. The van der Waals surface area contributed by atoms with Gasteiger partial charge in [0.25, 0.3) is 0 Å². The van der Waals surface area contributed by atoms with Gasteiger partial charge >= 0.3 is 0 Å². The first-order chi connectivity index (χ1) is 22.3. The van der Waals surface area contributed by atoms with E-state index in [1.807, 2.05) is 0 Å². The normalized spacial score (nSPS) is 16.7. The lowest BCUT2D eigenvalue weighted by atomic mass is 9.78. The molecule has 1 aliphatic carbocycles. The van der Waals surface area contributed by atoms with Crippen LogP contribution < -0.4 is 4.74 Å². The van der Waals surface area contributed by atoms with Gasteiger partial charge < -0.3 is 4.74 Å². The lowest BCUT2D eigenvalue weighted by molar-refractivity contribution is 0.479. The summed E-state index contributed by atoms with van der Waals surface area (Å²) in [5, 5.41) is 5.18. The summed E-state index contributed by atoms with van der Waals surface area (Å²) in [6.07, 6.45) is 8.58. The Bertz CT molecular complexity index is 2200. The average Bonchev–Trinajstić information content (AvgIpc) is 3.27. The molecular weight excluding hydrogens is 546 g/mol. The second kappa shape index (κ2) is 10.5. The van der Waals surface area contributed by atoms with Crippen molar-refractivity contribution >= 4 is 44.1 Å².